The van der Waals surface area contributed by atoms with Crippen LogP contribution in [-0.2, 0) is 5.66 Å². The number of benzene rings is 3. The summed E-state index contributed by atoms with van der Waals surface area (Å²) in [5.74, 6) is 3.31. The Labute approximate surface area is 178 Å². The number of anilines is 1. The maximum atomic E-state index is 11.2. The van der Waals surface area contributed by atoms with Crippen LogP contribution in [0.25, 0.3) is 0 Å². The summed E-state index contributed by atoms with van der Waals surface area (Å²) in [6.07, 6.45) is 4.87. The number of nitrogens with two attached hydrogens (primary N) is 1. The van der Waals surface area contributed by atoms with Crippen molar-refractivity contribution >= 4 is 11.4 Å². The molecule has 1 heterocycles. The summed E-state index contributed by atoms with van der Waals surface area (Å²) >= 11 is 0. The van der Waals surface area contributed by atoms with Gasteiger partial charge in [0.05, 0.1) is 22.7 Å². The molecule has 2 atom stereocenters. The van der Waals surface area contributed by atoms with Gasteiger partial charge >= 0.3 is 0 Å². The first-order valence-electron chi connectivity index (χ1n) is 9.42. The maximum Gasteiger partial charge on any atom is 0.271 e. The Balaban J connectivity index is 1.86. The van der Waals surface area contributed by atoms with Crippen LogP contribution in [0.15, 0.2) is 76.7 Å². The number of hydrogen-bond donors (Lipinski definition) is 2. The van der Waals surface area contributed by atoms with Crippen molar-refractivity contribution in [2.24, 2.45) is 15.7 Å². The molecule has 4 rings (SSSR count). The zero-order valence-electron chi connectivity index (χ0n) is 16.6. The van der Waals surface area contributed by atoms with Crippen LogP contribution in [0, 0.1) is 22.5 Å². The minimum Gasteiger partial charge on any atom is -0.497 e. The Hall–Kier alpha value is -4.22. The van der Waals surface area contributed by atoms with Crippen molar-refractivity contribution in [1.82, 2.24) is 0 Å². The molecule has 0 spiro atoms. The summed E-state index contributed by atoms with van der Waals surface area (Å²) in [6.45, 7) is 0. The van der Waals surface area contributed by atoms with Crippen LogP contribution in [-0.4, -0.2) is 18.2 Å². The van der Waals surface area contributed by atoms with Crippen LogP contribution in [0.3, 0.4) is 0 Å². The number of non-ortho nitro benzene ring substituents is 1. The fourth-order valence-electron chi connectivity index (χ4n) is 3.39. The molecule has 8 nitrogen and oxygen atoms in total. The van der Waals surface area contributed by atoms with Gasteiger partial charge in [-0.1, -0.05) is 18.1 Å². The average molecular weight is 413 g/mol. The number of ether oxygens (including phenoxy) is 1. The van der Waals surface area contributed by atoms with Crippen molar-refractivity contribution in [3.63, 3.8) is 0 Å². The predicted molar refractivity (Wildman–Crippen MR) is 116 cm³/mol. The highest BCUT2D eigenvalue weighted by molar-refractivity contribution is 5.49. The molecule has 0 saturated heterocycles. The molecule has 3 N–H and O–H groups in total. The van der Waals surface area contributed by atoms with E-state index in [2.05, 4.69) is 11.2 Å². The number of nitro groups is 1. The van der Waals surface area contributed by atoms with Crippen LogP contribution in [0.2, 0.25) is 0 Å². The Kier molecular flexibility index (Phi) is 5.11. The van der Waals surface area contributed by atoms with Crippen LogP contribution in [0.1, 0.15) is 11.1 Å². The topological polar surface area (TPSA) is 115 Å². The second-order valence-electron chi connectivity index (χ2n) is 7.00. The molecule has 154 valence electrons. The third-order valence-corrected chi connectivity index (χ3v) is 5.05. The lowest BCUT2D eigenvalue weighted by Crippen LogP contribution is -2.55. The lowest BCUT2D eigenvalue weighted by molar-refractivity contribution is -0.385. The molecule has 2 unspecified atom stereocenters. The van der Waals surface area contributed by atoms with Gasteiger partial charge in [-0.15, -0.1) is 6.42 Å². The molecule has 31 heavy (non-hydrogen) atoms. The van der Waals surface area contributed by atoms with E-state index in [-0.39, 0.29) is 5.69 Å². The van der Waals surface area contributed by atoms with Gasteiger partial charge in [-0.2, -0.15) is 0 Å². The first kappa shape index (κ1) is 20.1. The van der Waals surface area contributed by atoms with Crippen LogP contribution in [0.4, 0.5) is 11.4 Å². The van der Waals surface area contributed by atoms with Crippen molar-refractivity contribution < 1.29 is 9.66 Å². The van der Waals surface area contributed by atoms with E-state index >= 15 is 0 Å². The molecule has 1 aliphatic heterocycles. The van der Waals surface area contributed by atoms with Crippen molar-refractivity contribution in [3.8, 4) is 18.1 Å². The van der Waals surface area contributed by atoms with Crippen molar-refractivity contribution in [1.29, 1.82) is 0 Å². The molecule has 8 heteroatoms. The normalized spacial score (nSPS) is 19.2. The Bertz CT molecular complexity index is 1310. The molecule has 0 amide bonds. The molecule has 0 saturated carbocycles. The van der Waals surface area contributed by atoms with Crippen molar-refractivity contribution in [2.75, 3.05) is 12.4 Å². The molecule has 0 aromatic heterocycles. The maximum absolute atomic E-state index is 11.2. The zero-order chi connectivity index (χ0) is 22.0. The number of rotatable bonds is 5. The standard InChI is InChI=1S/C23H19N5O3/c1-3-15-5-4-6-16(13-15)23(24)22(25-17-7-10-19(31-2)11-8-17)26-20-12-9-18(28(29)30)14-21(20)27-23/h1,4-14,22,25H,24H2,2H3. The Morgan fingerprint density at radius 1 is 1.16 bits per heavy atom. The smallest absolute Gasteiger partial charge is 0.271 e. The minimum atomic E-state index is -1.35. The summed E-state index contributed by atoms with van der Waals surface area (Å²) < 4.78 is 5.20. The lowest BCUT2D eigenvalue weighted by Gasteiger charge is -2.35. The third-order valence-electron chi connectivity index (χ3n) is 5.05. The number of methoxy groups -OCH3 is 1. The van der Waals surface area contributed by atoms with Gasteiger partial charge in [0.15, 0.2) is 11.8 Å². The van der Waals surface area contributed by atoms with Gasteiger partial charge in [0, 0.05) is 23.4 Å². The summed E-state index contributed by atoms with van der Waals surface area (Å²) in [5, 5.41) is 15.4. The summed E-state index contributed by atoms with van der Waals surface area (Å²) in [6, 6.07) is 18.8. The summed E-state index contributed by atoms with van der Waals surface area (Å²) in [7, 11) is 1.59. The average Bonchev–Trinajstić information content (AvgIpc) is 2.79. The molecule has 1 aliphatic rings. The molecule has 0 radical (unpaired) electrons. The highest BCUT2D eigenvalue weighted by atomic mass is 16.6. The quantitative estimate of drug-likeness (QED) is 0.378. The molecule has 0 bridgehead atoms. The van der Waals surface area contributed by atoms with Crippen molar-refractivity contribution in [3.05, 3.63) is 98.7 Å². The SMILES string of the molecule is C#Cc1cccc(C2(N)N=c3cc([N+](=O)[O-])ccc3=NC2Nc2ccc(OC)cc2)c1. The Morgan fingerprint density at radius 2 is 1.94 bits per heavy atom. The fraction of sp³-hybridized carbons (Fsp3) is 0.130. The number of nitrogens with one attached hydrogen (secondary N) is 1. The van der Waals surface area contributed by atoms with Gasteiger partial charge in [-0.25, -0.2) is 0 Å². The van der Waals surface area contributed by atoms with E-state index in [9.17, 15) is 10.1 Å². The van der Waals surface area contributed by atoms with E-state index < -0.39 is 16.8 Å². The van der Waals surface area contributed by atoms with Gasteiger partial charge in [0.1, 0.15) is 5.75 Å². The number of hydrogen-bond acceptors (Lipinski definition) is 7. The molecule has 0 fully saturated rings. The largest absolute Gasteiger partial charge is 0.497 e. The van der Waals surface area contributed by atoms with E-state index in [1.54, 1.807) is 31.4 Å². The van der Waals surface area contributed by atoms with Gasteiger partial charge in [-0.05, 0) is 48.0 Å². The number of terminal acetylenes is 1. The molecule has 3 aromatic carbocycles. The van der Waals surface area contributed by atoms with Gasteiger partial charge in [0.25, 0.3) is 5.69 Å². The van der Waals surface area contributed by atoms with E-state index in [1.165, 1.54) is 12.1 Å². The van der Waals surface area contributed by atoms with E-state index in [0.717, 1.165) is 5.69 Å². The fourth-order valence-corrected chi connectivity index (χ4v) is 3.39. The van der Waals surface area contributed by atoms with E-state index in [4.69, 9.17) is 26.9 Å². The molecular weight excluding hydrogens is 394 g/mol. The number of nitro benzene ring substituents is 1. The number of fused-ring (bicyclic) bond motifs is 1. The monoisotopic (exact) mass is 413 g/mol. The van der Waals surface area contributed by atoms with Gasteiger partial charge in [-0.3, -0.25) is 25.8 Å². The van der Waals surface area contributed by atoms with Gasteiger partial charge < -0.3 is 10.1 Å². The highest BCUT2D eigenvalue weighted by Crippen LogP contribution is 2.29. The van der Waals surface area contributed by atoms with E-state index in [1.807, 2.05) is 30.3 Å². The minimum absolute atomic E-state index is 0.0843. The second-order valence-corrected chi connectivity index (χ2v) is 7.00. The van der Waals surface area contributed by atoms with Crippen LogP contribution < -0.4 is 26.5 Å². The lowest BCUT2D eigenvalue weighted by atomic mass is 9.94. The van der Waals surface area contributed by atoms with Gasteiger partial charge in [0.2, 0.25) is 0 Å². The van der Waals surface area contributed by atoms with Crippen LogP contribution in [0.5, 0.6) is 5.75 Å². The number of nitrogens with zero attached hydrogens (tertiary/aromatic N) is 3. The van der Waals surface area contributed by atoms with Crippen LogP contribution >= 0.6 is 0 Å². The summed E-state index contributed by atoms with van der Waals surface area (Å²) in [4.78, 5) is 20.2. The third kappa shape index (κ3) is 3.82. The second kappa shape index (κ2) is 7.89. The summed E-state index contributed by atoms with van der Waals surface area (Å²) in [5.41, 5.74) is 7.41. The first-order chi connectivity index (χ1) is 14.9. The predicted octanol–water partition coefficient (Wildman–Crippen LogP) is 2.09. The molecule has 0 aliphatic carbocycles. The molecular formula is C23H19N5O3. The first-order valence-corrected chi connectivity index (χ1v) is 9.42. The van der Waals surface area contributed by atoms with E-state index in [0.29, 0.717) is 27.6 Å². The Morgan fingerprint density at radius 3 is 2.61 bits per heavy atom. The molecule has 3 aromatic rings. The highest BCUT2D eigenvalue weighted by Gasteiger charge is 2.39. The zero-order valence-corrected chi connectivity index (χ0v) is 16.6. The van der Waals surface area contributed by atoms with Crippen molar-refractivity contribution in [2.45, 2.75) is 11.8 Å².